The maximum absolute atomic E-state index is 12.5. The van der Waals surface area contributed by atoms with E-state index in [9.17, 15) is 19.5 Å². The number of aryl methyl sites for hydroxylation is 1. The Morgan fingerprint density at radius 1 is 0.697 bits per heavy atom. The lowest BCUT2D eigenvalue weighted by Crippen LogP contribution is -2.34. The molecule has 164 valence electrons. The van der Waals surface area contributed by atoms with E-state index in [0.717, 1.165) is 10.8 Å². The Balaban J connectivity index is 1.42. The van der Waals surface area contributed by atoms with Gasteiger partial charge in [-0.2, -0.15) is 0 Å². The molecule has 0 saturated carbocycles. The first-order valence-corrected chi connectivity index (χ1v) is 10.2. The van der Waals surface area contributed by atoms with Crippen molar-refractivity contribution in [3.05, 3.63) is 102 Å². The number of anilines is 2. The Kier molecular flexibility index (Phi) is 6.04. The zero-order chi connectivity index (χ0) is 23.4. The number of nitrogens with one attached hydrogen (secondary N) is 3. The Morgan fingerprint density at radius 3 is 2.21 bits per heavy atom. The van der Waals surface area contributed by atoms with Crippen molar-refractivity contribution in [2.24, 2.45) is 0 Å². The van der Waals surface area contributed by atoms with E-state index in [-0.39, 0.29) is 11.7 Å². The van der Waals surface area contributed by atoms with Crippen LogP contribution in [0.5, 0.6) is 5.75 Å². The lowest BCUT2D eigenvalue weighted by molar-refractivity contribution is 0.0965. The van der Waals surface area contributed by atoms with Gasteiger partial charge in [-0.1, -0.05) is 36.4 Å². The van der Waals surface area contributed by atoms with Gasteiger partial charge in [-0.3, -0.25) is 14.9 Å². The molecule has 0 saturated heterocycles. The largest absolute Gasteiger partial charge is 0.508 e. The van der Waals surface area contributed by atoms with Crippen LogP contribution in [0.15, 0.2) is 84.9 Å². The first-order chi connectivity index (χ1) is 15.9. The van der Waals surface area contributed by atoms with Crippen molar-refractivity contribution in [2.75, 3.05) is 10.6 Å². The van der Waals surface area contributed by atoms with Gasteiger partial charge < -0.3 is 15.7 Å². The van der Waals surface area contributed by atoms with Gasteiger partial charge >= 0.3 is 6.03 Å². The van der Waals surface area contributed by atoms with Gasteiger partial charge in [-0.25, -0.2) is 4.79 Å². The summed E-state index contributed by atoms with van der Waals surface area (Å²) < 4.78 is 0. The summed E-state index contributed by atoms with van der Waals surface area (Å²) in [6.45, 7) is 1.79. The first-order valence-electron chi connectivity index (χ1n) is 10.2. The number of urea groups is 1. The molecule has 0 heterocycles. The number of hydrogen-bond donors (Lipinski definition) is 4. The minimum Gasteiger partial charge on any atom is -0.508 e. The molecule has 0 atom stereocenters. The summed E-state index contributed by atoms with van der Waals surface area (Å²) in [6, 6.07) is 23.0. The average Bonchev–Trinajstić information content (AvgIpc) is 2.82. The summed E-state index contributed by atoms with van der Waals surface area (Å²) in [5.41, 5.74) is 2.40. The van der Waals surface area contributed by atoms with Gasteiger partial charge in [0, 0.05) is 22.5 Å². The minimum absolute atomic E-state index is 0.179. The van der Waals surface area contributed by atoms with Crippen LogP contribution in [0.3, 0.4) is 0 Å². The first kappa shape index (κ1) is 21.6. The molecule has 7 nitrogen and oxygen atoms in total. The van der Waals surface area contributed by atoms with Crippen molar-refractivity contribution in [3.8, 4) is 5.75 Å². The molecule has 0 aliphatic rings. The number of para-hydroxylation sites is 1. The van der Waals surface area contributed by atoms with Crippen LogP contribution in [0.1, 0.15) is 26.3 Å². The maximum atomic E-state index is 12.5. The van der Waals surface area contributed by atoms with Gasteiger partial charge in [-0.05, 0) is 71.8 Å². The molecular formula is C26H21N3O4. The second kappa shape index (κ2) is 9.23. The fourth-order valence-electron chi connectivity index (χ4n) is 3.42. The van der Waals surface area contributed by atoms with Crippen molar-refractivity contribution in [1.29, 1.82) is 0 Å². The highest BCUT2D eigenvalue weighted by atomic mass is 16.3. The fourth-order valence-corrected chi connectivity index (χ4v) is 3.42. The Morgan fingerprint density at radius 2 is 1.42 bits per heavy atom. The summed E-state index contributed by atoms with van der Waals surface area (Å²) in [5, 5.41) is 19.1. The van der Waals surface area contributed by atoms with E-state index in [4.69, 9.17) is 0 Å². The molecule has 4 aromatic carbocycles. The number of amides is 4. The van der Waals surface area contributed by atoms with Gasteiger partial charge in [0.1, 0.15) is 5.75 Å². The lowest BCUT2D eigenvalue weighted by Gasteiger charge is -2.10. The third-order valence-corrected chi connectivity index (χ3v) is 5.16. The van der Waals surface area contributed by atoms with E-state index >= 15 is 0 Å². The number of carbonyl (C=O) groups excluding carboxylic acids is 3. The molecule has 4 amide bonds. The third kappa shape index (κ3) is 4.99. The van der Waals surface area contributed by atoms with Gasteiger partial charge in [0.15, 0.2) is 0 Å². The summed E-state index contributed by atoms with van der Waals surface area (Å²) in [5.74, 6) is -0.712. The number of imide groups is 1. The highest BCUT2D eigenvalue weighted by Crippen LogP contribution is 2.26. The van der Waals surface area contributed by atoms with Crippen LogP contribution in [0, 0.1) is 6.92 Å². The number of aromatic hydroxyl groups is 1. The molecule has 0 spiro atoms. The SMILES string of the molecule is Cc1c(O)ccc2cc(C(=O)NC(=O)Nc3cccc(C(=O)Nc4ccccc4)c3)ccc12. The highest BCUT2D eigenvalue weighted by molar-refractivity contribution is 6.10. The number of phenolic OH excluding ortho intramolecular Hbond substituents is 1. The second-order valence-corrected chi connectivity index (χ2v) is 7.45. The molecule has 4 aromatic rings. The predicted octanol–water partition coefficient (Wildman–Crippen LogP) is 5.07. The summed E-state index contributed by atoms with van der Waals surface area (Å²) in [6.07, 6.45) is 0. The Bertz CT molecular complexity index is 1370. The Labute approximate surface area is 190 Å². The van der Waals surface area contributed by atoms with Crippen LogP contribution in [0.2, 0.25) is 0 Å². The average molecular weight is 439 g/mol. The molecule has 0 aliphatic heterocycles. The number of fused-ring (bicyclic) bond motifs is 1. The maximum Gasteiger partial charge on any atom is 0.326 e. The van der Waals surface area contributed by atoms with Crippen LogP contribution in [-0.2, 0) is 0 Å². The molecule has 33 heavy (non-hydrogen) atoms. The minimum atomic E-state index is -0.720. The molecular weight excluding hydrogens is 418 g/mol. The molecule has 0 fully saturated rings. The smallest absolute Gasteiger partial charge is 0.326 e. The van der Waals surface area contributed by atoms with Crippen LogP contribution in [0.4, 0.5) is 16.2 Å². The number of carbonyl (C=O) groups is 3. The van der Waals surface area contributed by atoms with Crippen LogP contribution < -0.4 is 16.0 Å². The molecule has 4 N–H and O–H groups in total. The van der Waals surface area contributed by atoms with Gasteiger partial charge in [0.2, 0.25) is 0 Å². The molecule has 7 heteroatoms. The summed E-state index contributed by atoms with van der Waals surface area (Å²) in [4.78, 5) is 37.3. The van der Waals surface area contributed by atoms with Crippen LogP contribution in [0.25, 0.3) is 10.8 Å². The molecule has 0 aliphatic carbocycles. The van der Waals surface area contributed by atoms with E-state index in [1.807, 2.05) is 18.2 Å². The van der Waals surface area contributed by atoms with Crippen LogP contribution >= 0.6 is 0 Å². The van der Waals surface area contributed by atoms with Crippen molar-refractivity contribution in [1.82, 2.24) is 5.32 Å². The Hall–Kier alpha value is -4.65. The topological polar surface area (TPSA) is 108 Å². The van der Waals surface area contributed by atoms with Crippen molar-refractivity contribution in [2.45, 2.75) is 6.92 Å². The highest BCUT2D eigenvalue weighted by Gasteiger charge is 2.13. The number of hydrogen-bond acceptors (Lipinski definition) is 4. The molecule has 0 aromatic heterocycles. The van der Waals surface area contributed by atoms with Gasteiger partial charge in [-0.15, -0.1) is 0 Å². The van der Waals surface area contributed by atoms with E-state index in [1.165, 1.54) is 6.07 Å². The van der Waals surface area contributed by atoms with Crippen molar-refractivity contribution >= 4 is 40.0 Å². The molecule has 4 rings (SSSR count). The monoisotopic (exact) mass is 439 g/mol. The number of benzene rings is 4. The van der Waals surface area contributed by atoms with Gasteiger partial charge in [0.05, 0.1) is 0 Å². The third-order valence-electron chi connectivity index (χ3n) is 5.16. The summed E-state index contributed by atoms with van der Waals surface area (Å²) in [7, 11) is 0. The van der Waals surface area contributed by atoms with Gasteiger partial charge in [0.25, 0.3) is 11.8 Å². The molecule has 0 unspecified atom stereocenters. The quantitative estimate of drug-likeness (QED) is 0.356. The molecule has 0 radical (unpaired) electrons. The van der Waals surface area contributed by atoms with E-state index in [1.54, 1.807) is 67.6 Å². The normalized spacial score (nSPS) is 10.5. The zero-order valence-corrected chi connectivity index (χ0v) is 17.8. The van der Waals surface area contributed by atoms with Crippen LogP contribution in [-0.4, -0.2) is 23.0 Å². The van der Waals surface area contributed by atoms with Crippen molar-refractivity contribution in [3.63, 3.8) is 0 Å². The second-order valence-electron chi connectivity index (χ2n) is 7.45. The van der Waals surface area contributed by atoms with E-state index < -0.39 is 11.9 Å². The van der Waals surface area contributed by atoms with E-state index in [2.05, 4.69) is 16.0 Å². The molecule has 0 bridgehead atoms. The number of rotatable bonds is 4. The van der Waals surface area contributed by atoms with Crippen molar-refractivity contribution < 1.29 is 19.5 Å². The fraction of sp³-hybridized carbons (Fsp3) is 0.0385. The van der Waals surface area contributed by atoms with E-state index in [0.29, 0.717) is 28.1 Å². The predicted molar refractivity (Wildman–Crippen MR) is 128 cm³/mol. The zero-order valence-electron chi connectivity index (χ0n) is 17.8. The standard InChI is InChI=1S/C26H21N3O4/c1-16-22-12-10-19(14-17(22)11-13-23(16)30)25(32)29-26(33)28-21-9-5-6-18(15-21)24(31)27-20-7-3-2-4-8-20/h2-15,30H,1H3,(H,27,31)(H2,28,29,32,33). The number of phenols is 1. The summed E-state index contributed by atoms with van der Waals surface area (Å²) >= 11 is 0. The lowest BCUT2D eigenvalue weighted by atomic mass is 10.0.